The van der Waals surface area contributed by atoms with Crippen LogP contribution >= 0.6 is 12.2 Å². The number of ether oxygens (including phenoxy) is 1. The number of nitrogens with one attached hydrogen (secondary N) is 1. The van der Waals surface area contributed by atoms with Crippen LogP contribution in [0.5, 0.6) is 5.75 Å². The van der Waals surface area contributed by atoms with Gasteiger partial charge in [0.25, 0.3) is 0 Å². The van der Waals surface area contributed by atoms with Crippen molar-refractivity contribution in [3.8, 4) is 17.0 Å². The van der Waals surface area contributed by atoms with Gasteiger partial charge in [-0.2, -0.15) is 0 Å². The fraction of sp³-hybridized carbons (Fsp3) is 0.231. The van der Waals surface area contributed by atoms with Crippen LogP contribution in [-0.2, 0) is 6.42 Å². The summed E-state index contributed by atoms with van der Waals surface area (Å²) in [6, 6.07) is 8.14. The SMILES string of the molecule is C[C@H]1Cc2cc(-c3ccnc(=S)[nH]3)ccc2O1. The van der Waals surface area contributed by atoms with E-state index in [9.17, 15) is 0 Å². The molecule has 2 aromatic rings. The lowest BCUT2D eigenvalue weighted by Gasteiger charge is -2.04. The summed E-state index contributed by atoms with van der Waals surface area (Å²) in [7, 11) is 0. The van der Waals surface area contributed by atoms with Crippen LogP contribution in [0, 0.1) is 4.77 Å². The van der Waals surface area contributed by atoms with Crippen LogP contribution < -0.4 is 4.74 Å². The molecule has 3 rings (SSSR count). The lowest BCUT2D eigenvalue weighted by atomic mass is 10.0. The standard InChI is InChI=1S/C13H12N2OS/c1-8-6-10-7-9(2-3-12(10)16-8)11-4-5-14-13(17)15-11/h2-5,7-8H,6H2,1H3,(H,14,15,17)/t8-/m0/s1. The Morgan fingerprint density at radius 3 is 3.12 bits per heavy atom. The Balaban J connectivity index is 2.06. The highest BCUT2D eigenvalue weighted by atomic mass is 32.1. The molecule has 1 aromatic carbocycles. The van der Waals surface area contributed by atoms with Crippen molar-refractivity contribution in [2.24, 2.45) is 0 Å². The van der Waals surface area contributed by atoms with Gasteiger partial charge in [-0.15, -0.1) is 0 Å². The van der Waals surface area contributed by atoms with Gasteiger partial charge in [0.2, 0.25) is 0 Å². The van der Waals surface area contributed by atoms with Gasteiger partial charge in [0, 0.05) is 18.3 Å². The number of H-pyrrole nitrogens is 1. The molecule has 1 aromatic heterocycles. The minimum Gasteiger partial charge on any atom is -0.490 e. The van der Waals surface area contributed by atoms with Crippen molar-refractivity contribution in [3.63, 3.8) is 0 Å². The molecule has 0 bridgehead atoms. The largest absolute Gasteiger partial charge is 0.490 e. The number of fused-ring (bicyclic) bond motifs is 1. The summed E-state index contributed by atoms with van der Waals surface area (Å²) in [6.45, 7) is 2.08. The van der Waals surface area contributed by atoms with Gasteiger partial charge in [0.15, 0.2) is 4.77 Å². The summed E-state index contributed by atoms with van der Waals surface area (Å²) in [5.41, 5.74) is 3.37. The zero-order valence-corrected chi connectivity index (χ0v) is 10.3. The fourth-order valence-electron chi connectivity index (χ4n) is 2.13. The molecule has 4 heteroatoms. The van der Waals surface area contributed by atoms with Gasteiger partial charge >= 0.3 is 0 Å². The Morgan fingerprint density at radius 1 is 1.41 bits per heavy atom. The monoisotopic (exact) mass is 244 g/mol. The van der Waals surface area contributed by atoms with Gasteiger partial charge in [-0.1, -0.05) is 0 Å². The molecular weight excluding hydrogens is 232 g/mol. The van der Waals surface area contributed by atoms with Crippen LogP contribution in [-0.4, -0.2) is 16.1 Å². The van der Waals surface area contributed by atoms with E-state index in [1.165, 1.54) is 5.56 Å². The molecule has 0 radical (unpaired) electrons. The van der Waals surface area contributed by atoms with E-state index >= 15 is 0 Å². The van der Waals surface area contributed by atoms with Gasteiger partial charge in [-0.25, -0.2) is 4.98 Å². The first-order chi connectivity index (χ1) is 8.22. The lowest BCUT2D eigenvalue weighted by molar-refractivity contribution is 0.254. The summed E-state index contributed by atoms with van der Waals surface area (Å²) in [4.78, 5) is 7.07. The molecule has 0 aliphatic carbocycles. The Kier molecular flexibility index (Phi) is 2.44. The number of hydrogen-bond acceptors (Lipinski definition) is 3. The van der Waals surface area contributed by atoms with E-state index in [0.29, 0.717) is 4.77 Å². The normalized spacial score (nSPS) is 17.6. The lowest BCUT2D eigenvalue weighted by Crippen LogP contribution is -2.05. The third-order valence-corrected chi connectivity index (χ3v) is 3.09. The van der Waals surface area contributed by atoms with Crippen LogP contribution in [0.2, 0.25) is 0 Å². The zero-order chi connectivity index (χ0) is 11.8. The highest BCUT2D eigenvalue weighted by Crippen LogP contribution is 2.32. The van der Waals surface area contributed by atoms with E-state index in [-0.39, 0.29) is 6.10 Å². The predicted octanol–water partition coefficient (Wildman–Crippen LogP) is 3.13. The minimum atomic E-state index is 0.274. The maximum absolute atomic E-state index is 5.68. The molecule has 0 spiro atoms. The summed E-state index contributed by atoms with van der Waals surface area (Å²) < 4.78 is 6.19. The molecule has 0 saturated heterocycles. The molecule has 1 aliphatic rings. The van der Waals surface area contributed by atoms with Crippen molar-refractivity contribution in [1.82, 2.24) is 9.97 Å². The number of hydrogen-bond donors (Lipinski definition) is 1. The first-order valence-electron chi connectivity index (χ1n) is 5.57. The maximum Gasteiger partial charge on any atom is 0.197 e. The fourth-order valence-corrected chi connectivity index (χ4v) is 2.30. The predicted molar refractivity (Wildman–Crippen MR) is 68.7 cm³/mol. The summed E-state index contributed by atoms with van der Waals surface area (Å²) in [5.74, 6) is 0.994. The molecule has 0 fully saturated rings. The number of benzene rings is 1. The zero-order valence-electron chi connectivity index (χ0n) is 9.43. The second-order valence-electron chi connectivity index (χ2n) is 4.24. The summed E-state index contributed by atoms with van der Waals surface area (Å²) >= 11 is 5.03. The van der Waals surface area contributed by atoms with Crippen LogP contribution in [0.3, 0.4) is 0 Å². The van der Waals surface area contributed by atoms with E-state index in [2.05, 4.69) is 23.0 Å². The van der Waals surface area contributed by atoms with Crippen molar-refractivity contribution in [1.29, 1.82) is 0 Å². The van der Waals surface area contributed by atoms with Crippen LogP contribution in [0.1, 0.15) is 12.5 Å². The maximum atomic E-state index is 5.68. The molecular formula is C13H12N2OS. The second-order valence-corrected chi connectivity index (χ2v) is 4.63. The van der Waals surface area contributed by atoms with E-state index in [0.717, 1.165) is 23.4 Å². The van der Waals surface area contributed by atoms with E-state index < -0.39 is 0 Å². The average molecular weight is 244 g/mol. The second kappa shape index (κ2) is 3.96. The van der Waals surface area contributed by atoms with Crippen molar-refractivity contribution in [2.45, 2.75) is 19.4 Å². The van der Waals surface area contributed by atoms with Gasteiger partial charge in [0.05, 0.1) is 0 Å². The molecule has 17 heavy (non-hydrogen) atoms. The third kappa shape index (κ3) is 1.96. The Bertz CT molecular complexity index is 621. The van der Waals surface area contributed by atoms with E-state index in [4.69, 9.17) is 17.0 Å². The number of aromatic amines is 1. The van der Waals surface area contributed by atoms with Crippen LogP contribution in [0.4, 0.5) is 0 Å². The van der Waals surface area contributed by atoms with Gasteiger partial charge < -0.3 is 9.72 Å². The summed E-state index contributed by atoms with van der Waals surface area (Å²) in [5, 5.41) is 0. The van der Waals surface area contributed by atoms with Gasteiger partial charge in [0.1, 0.15) is 11.9 Å². The Morgan fingerprint density at radius 2 is 2.29 bits per heavy atom. The van der Waals surface area contributed by atoms with Crippen LogP contribution in [0.25, 0.3) is 11.3 Å². The topological polar surface area (TPSA) is 37.9 Å². The van der Waals surface area contributed by atoms with Gasteiger partial charge in [-0.3, -0.25) is 0 Å². The molecule has 3 nitrogen and oxygen atoms in total. The number of aromatic nitrogens is 2. The van der Waals surface area contributed by atoms with Gasteiger partial charge in [-0.05, 0) is 54.5 Å². The molecule has 0 saturated carbocycles. The van der Waals surface area contributed by atoms with Crippen molar-refractivity contribution >= 4 is 12.2 Å². The molecule has 2 heterocycles. The Labute approximate surface area is 104 Å². The third-order valence-electron chi connectivity index (χ3n) is 2.88. The Hall–Kier alpha value is -1.68. The first kappa shape index (κ1) is 10.5. The van der Waals surface area contributed by atoms with Crippen molar-refractivity contribution in [3.05, 3.63) is 40.8 Å². The molecule has 86 valence electrons. The van der Waals surface area contributed by atoms with E-state index in [1.54, 1.807) is 6.20 Å². The quantitative estimate of drug-likeness (QED) is 0.783. The van der Waals surface area contributed by atoms with Crippen molar-refractivity contribution < 1.29 is 4.74 Å². The van der Waals surface area contributed by atoms with Crippen molar-refractivity contribution in [2.75, 3.05) is 0 Å². The highest BCUT2D eigenvalue weighted by Gasteiger charge is 2.19. The molecule has 0 unspecified atom stereocenters. The molecule has 1 atom stereocenters. The smallest absolute Gasteiger partial charge is 0.197 e. The minimum absolute atomic E-state index is 0.274. The van der Waals surface area contributed by atoms with E-state index in [1.807, 2.05) is 18.2 Å². The first-order valence-corrected chi connectivity index (χ1v) is 5.98. The number of nitrogens with zero attached hydrogens (tertiary/aromatic N) is 1. The molecule has 0 amide bonds. The van der Waals surface area contributed by atoms with Crippen LogP contribution in [0.15, 0.2) is 30.5 Å². The molecule has 1 N–H and O–H groups in total. The summed E-state index contributed by atoms with van der Waals surface area (Å²) in [6.07, 6.45) is 2.96. The highest BCUT2D eigenvalue weighted by molar-refractivity contribution is 7.71. The average Bonchev–Trinajstić information content (AvgIpc) is 2.68. The number of rotatable bonds is 1. The molecule has 1 aliphatic heterocycles.